The highest BCUT2D eigenvalue weighted by atomic mass is 16.5. The Morgan fingerprint density at radius 3 is 2.35 bits per heavy atom. The average Bonchev–Trinajstić information content (AvgIpc) is 2.75. The van der Waals surface area contributed by atoms with E-state index in [4.69, 9.17) is 9.47 Å². The Bertz CT molecular complexity index is 273. The number of nitrogens with zero attached hydrogens (tertiary/aromatic N) is 3. The van der Waals surface area contributed by atoms with Gasteiger partial charge in [-0.05, 0) is 6.92 Å². The second kappa shape index (κ2) is 7.24. The molecule has 0 saturated carbocycles. The Balaban J connectivity index is 2.54. The van der Waals surface area contributed by atoms with Crippen LogP contribution < -0.4 is 0 Å². The number of aliphatic imine (C=N–C) groups is 1. The summed E-state index contributed by atoms with van der Waals surface area (Å²) in [6.07, 6.45) is 0. The van der Waals surface area contributed by atoms with Gasteiger partial charge in [-0.15, -0.1) is 0 Å². The van der Waals surface area contributed by atoms with E-state index in [2.05, 4.69) is 4.99 Å². The summed E-state index contributed by atoms with van der Waals surface area (Å²) in [7, 11) is 3.25. The standard InChI is InChI=1S/C11H21N3O3/c1-10-12-4-5-14(10)11(15)13(6-8-16-2)7-9-17-3/h4-9H2,1-3H3. The summed E-state index contributed by atoms with van der Waals surface area (Å²) >= 11 is 0. The summed E-state index contributed by atoms with van der Waals surface area (Å²) in [5.41, 5.74) is 0. The van der Waals surface area contributed by atoms with Crippen LogP contribution in [0.15, 0.2) is 4.99 Å². The number of carbonyl (C=O) groups excluding carboxylic acids is 1. The minimum absolute atomic E-state index is 0.0159. The van der Waals surface area contributed by atoms with Crippen LogP contribution in [0.4, 0.5) is 4.79 Å². The number of hydrogen-bond acceptors (Lipinski definition) is 4. The van der Waals surface area contributed by atoms with E-state index in [1.165, 1.54) is 0 Å². The number of amides is 2. The second-order valence-electron chi connectivity index (χ2n) is 3.84. The first-order valence-corrected chi connectivity index (χ1v) is 5.76. The van der Waals surface area contributed by atoms with Crippen molar-refractivity contribution in [2.45, 2.75) is 6.92 Å². The van der Waals surface area contributed by atoms with E-state index >= 15 is 0 Å². The summed E-state index contributed by atoms with van der Waals surface area (Å²) in [4.78, 5) is 19.9. The van der Waals surface area contributed by atoms with Crippen molar-refractivity contribution in [2.24, 2.45) is 4.99 Å². The number of methoxy groups -OCH3 is 2. The molecule has 0 fully saturated rings. The Kier molecular flexibility index (Phi) is 5.93. The minimum atomic E-state index is -0.0159. The van der Waals surface area contributed by atoms with Gasteiger partial charge in [0.2, 0.25) is 0 Å². The van der Waals surface area contributed by atoms with Gasteiger partial charge in [-0.3, -0.25) is 9.89 Å². The van der Waals surface area contributed by atoms with E-state index in [9.17, 15) is 4.79 Å². The normalized spacial score (nSPS) is 15.0. The number of rotatable bonds is 6. The van der Waals surface area contributed by atoms with Crippen molar-refractivity contribution in [2.75, 3.05) is 53.6 Å². The Morgan fingerprint density at radius 2 is 1.94 bits per heavy atom. The van der Waals surface area contributed by atoms with Crippen molar-refractivity contribution in [3.63, 3.8) is 0 Å². The molecule has 1 rings (SSSR count). The third kappa shape index (κ3) is 3.98. The van der Waals surface area contributed by atoms with Gasteiger partial charge in [0.1, 0.15) is 5.84 Å². The van der Waals surface area contributed by atoms with Crippen LogP contribution in [0.1, 0.15) is 6.92 Å². The molecule has 0 aromatic carbocycles. The van der Waals surface area contributed by atoms with Crippen LogP contribution in [0, 0.1) is 0 Å². The Hall–Kier alpha value is -1.14. The summed E-state index contributed by atoms with van der Waals surface area (Å²) in [6.45, 7) is 5.42. The fourth-order valence-corrected chi connectivity index (χ4v) is 1.67. The van der Waals surface area contributed by atoms with E-state index in [0.717, 1.165) is 5.84 Å². The van der Waals surface area contributed by atoms with Crippen LogP contribution in [0.2, 0.25) is 0 Å². The van der Waals surface area contributed by atoms with Crippen LogP contribution >= 0.6 is 0 Å². The van der Waals surface area contributed by atoms with Gasteiger partial charge in [0.15, 0.2) is 0 Å². The van der Waals surface area contributed by atoms with Gasteiger partial charge in [-0.2, -0.15) is 0 Å². The minimum Gasteiger partial charge on any atom is -0.383 e. The highest BCUT2D eigenvalue weighted by molar-refractivity contribution is 5.97. The fourth-order valence-electron chi connectivity index (χ4n) is 1.67. The molecule has 6 heteroatoms. The van der Waals surface area contributed by atoms with E-state index in [1.54, 1.807) is 24.0 Å². The first-order chi connectivity index (χ1) is 8.20. The van der Waals surface area contributed by atoms with Crippen molar-refractivity contribution in [1.29, 1.82) is 0 Å². The first kappa shape index (κ1) is 13.9. The molecule has 0 aromatic heterocycles. The molecule has 0 aromatic rings. The highest BCUT2D eigenvalue weighted by Gasteiger charge is 2.24. The van der Waals surface area contributed by atoms with Crippen LogP contribution in [0.3, 0.4) is 0 Å². The number of hydrogen-bond donors (Lipinski definition) is 0. The molecule has 2 amide bonds. The predicted molar refractivity (Wildman–Crippen MR) is 65.4 cm³/mol. The molecule has 1 heterocycles. The predicted octanol–water partition coefficient (Wildman–Crippen LogP) is 0.435. The van der Waals surface area contributed by atoms with E-state index < -0.39 is 0 Å². The van der Waals surface area contributed by atoms with E-state index in [-0.39, 0.29) is 6.03 Å². The summed E-state index contributed by atoms with van der Waals surface area (Å²) in [5, 5.41) is 0. The van der Waals surface area contributed by atoms with Crippen molar-refractivity contribution in [3.8, 4) is 0 Å². The van der Waals surface area contributed by atoms with Gasteiger partial charge < -0.3 is 14.4 Å². The van der Waals surface area contributed by atoms with Crippen molar-refractivity contribution in [3.05, 3.63) is 0 Å². The molecule has 1 aliphatic rings. The van der Waals surface area contributed by atoms with Gasteiger partial charge >= 0.3 is 6.03 Å². The molecule has 0 spiro atoms. The van der Waals surface area contributed by atoms with Crippen molar-refractivity contribution < 1.29 is 14.3 Å². The molecule has 6 nitrogen and oxygen atoms in total. The lowest BCUT2D eigenvalue weighted by molar-refractivity contribution is 0.114. The molecule has 0 bridgehead atoms. The lowest BCUT2D eigenvalue weighted by Gasteiger charge is -2.27. The zero-order chi connectivity index (χ0) is 12.7. The van der Waals surface area contributed by atoms with E-state index in [1.807, 2.05) is 6.92 Å². The lowest BCUT2D eigenvalue weighted by atomic mass is 10.4. The molecule has 0 saturated heterocycles. The second-order valence-corrected chi connectivity index (χ2v) is 3.84. The van der Waals surface area contributed by atoms with Crippen LogP contribution in [0.25, 0.3) is 0 Å². The van der Waals surface area contributed by atoms with Gasteiger partial charge in [0.25, 0.3) is 0 Å². The number of carbonyl (C=O) groups is 1. The SMILES string of the molecule is COCCN(CCOC)C(=O)N1CCN=C1C. The fraction of sp³-hybridized carbons (Fsp3) is 0.818. The monoisotopic (exact) mass is 243 g/mol. The van der Waals surface area contributed by atoms with Gasteiger partial charge in [-0.25, -0.2) is 4.79 Å². The molecule has 0 aliphatic carbocycles. The Morgan fingerprint density at radius 1 is 1.35 bits per heavy atom. The zero-order valence-electron chi connectivity index (χ0n) is 10.8. The van der Waals surface area contributed by atoms with Crippen molar-refractivity contribution in [1.82, 2.24) is 9.80 Å². The number of ether oxygens (including phenoxy) is 2. The number of amidine groups is 1. The van der Waals surface area contributed by atoms with Crippen LogP contribution in [-0.4, -0.2) is 75.3 Å². The summed E-state index contributed by atoms with van der Waals surface area (Å²) < 4.78 is 10.0. The maximum Gasteiger partial charge on any atom is 0.325 e. The number of urea groups is 1. The molecule has 0 atom stereocenters. The third-order valence-electron chi connectivity index (χ3n) is 2.69. The molecule has 0 N–H and O–H groups in total. The molecular formula is C11H21N3O3. The van der Waals surface area contributed by atoms with Gasteiger partial charge in [0, 0.05) is 33.9 Å². The van der Waals surface area contributed by atoms with Crippen LogP contribution in [0.5, 0.6) is 0 Å². The average molecular weight is 243 g/mol. The largest absolute Gasteiger partial charge is 0.383 e. The molecule has 0 radical (unpaired) electrons. The van der Waals surface area contributed by atoms with Gasteiger partial charge in [-0.1, -0.05) is 0 Å². The smallest absolute Gasteiger partial charge is 0.325 e. The van der Waals surface area contributed by atoms with E-state index in [0.29, 0.717) is 39.4 Å². The highest BCUT2D eigenvalue weighted by Crippen LogP contribution is 2.06. The Labute approximate surface area is 102 Å². The quantitative estimate of drug-likeness (QED) is 0.680. The zero-order valence-corrected chi connectivity index (χ0v) is 10.8. The summed E-state index contributed by atoms with van der Waals surface area (Å²) in [5.74, 6) is 0.787. The third-order valence-corrected chi connectivity index (χ3v) is 2.69. The first-order valence-electron chi connectivity index (χ1n) is 5.76. The maximum atomic E-state index is 12.2. The summed E-state index contributed by atoms with van der Waals surface area (Å²) in [6, 6.07) is -0.0159. The molecule has 98 valence electrons. The maximum absolute atomic E-state index is 12.2. The molecular weight excluding hydrogens is 222 g/mol. The van der Waals surface area contributed by atoms with Crippen LogP contribution in [-0.2, 0) is 9.47 Å². The van der Waals surface area contributed by atoms with Crippen molar-refractivity contribution >= 4 is 11.9 Å². The van der Waals surface area contributed by atoms with Gasteiger partial charge in [0.05, 0.1) is 19.8 Å². The molecule has 1 aliphatic heterocycles. The lowest BCUT2D eigenvalue weighted by Crippen LogP contribution is -2.46. The molecule has 0 unspecified atom stereocenters. The topological polar surface area (TPSA) is 54.4 Å². The molecule has 17 heavy (non-hydrogen) atoms.